The van der Waals surface area contributed by atoms with Crippen LogP contribution < -0.4 is 0 Å². The number of hydrogen-bond acceptors (Lipinski definition) is 12. The molecule has 27 heavy (non-hydrogen) atoms. The van der Waals surface area contributed by atoms with Gasteiger partial charge in [-0.15, -0.1) is 0 Å². The molecule has 0 aromatic rings. The molecule has 13 nitrogen and oxygen atoms in total. The van der Waals surface area contributed by atoms with Crippen molar-refractivity contribution in [2.75, 3.05) is 19.8 Å². The van der Waals surface area contributed by atoms with Gasteiger partial charge in [0, 0.05) is 0 Å². The van der Waals surface area contributed by atoms with E-state index in [1.165, 1.54) is 0 Å². The van der Waals surface area contributed by atoms with Gasteiger partial charge in [0.15, 0.2) is 0 Å². The van der Waals surface area contributed by atoms with E-state index in [0.717, 1.165) is 0 Å². The van der Waals surface area contributed by atoms with Crippen LogP contribution in [0.15, 0.2) is 0 Å². The van der Waals surface area contributed by atoms with Crippen LogP contribution in [0.25, 0.3) is 0 Å². The van der Waals surface area contributed by atoms with E-state index in [4.69, 9.17) is 14.2 Å². The van der Waals surface area contributed by atoms with Gasteiger partial charge in [-0.1, -0.05) is 0 Å². The Labute approximate surface area is 152 Å². The molecular formula is C14H24O13. The molecule has 2 saturated heterocycles. The monoisotopic (exact) mass is 400 g/mol. The van der Waals surface area contributed by atoms with Crippen molar-refractivity contribution in [3.63, 3.8) is 0 Å². The summed E-state index contributed by atoms with van der Waals surface area (Å²) < 4.78 is 15.7. The van der Waals surface area contributed by atoms with Crippen molar-refractivity contribution in [1.29, 1.82) is 0 Å². The summed E-state index contributed by atoms with van der Waals surface area (Å²) in [6, 6.07) is 0. The molecule has 0 bridgehead atoms. The van der Waals surface area contributed by atoms with Gasteiger partial charge in [-0.3, -0.25) is 4.79 Å². The van der Waals surface area contributed by atoms with E-state index in [1.54, 1.807) is 0 Å². The highest BCUT2D eigenvalue weighted by atomic mass is 16.8. The van der Waals surface area contributed by atoms with Gasteiger partial charge in [-0.2, -0.15) is 0 Å². The van der Waals surface area contributed by atoms with Gasteiger partial charge in [0.25, 0.3) is 0 Å². The van der Waals surface area contributed by atoms with Gasteiger partial charge >= 0.3 is 5.97 Å². The first kappa shape index (κ1) is 22.3. The zero-order valence-electron chi connectivity index (χ0n) is 14.0. The highest BCUT2D eigenvalue weighted by Gasteiger charge is 2.64. The Hall–Kier alpha value is -0.970. The summed E-state index contributed by atoms with van der Waals surface area (Å²) >= 11 is 0. The molecule has 1 unspecified atom stereocenters. The van der Waals surface area contributed by atoms with Crippen LogP contribution >= 0.6 is 0 Å². The maximum absolute atomic E-state index is 11.3. The largest absolute Gasteiger partial charge is 0.481 e. The second-order valence-electron chi connectivity index (χ2n) is 6.49. The lowest BCUT2D eigenvalue weighted by atomic mass is 9.90. The maximum atomic E-state index is 11.3. The molecule has 0 radical (unpaired) electrons. The van der Waals surface area contributed by atoms with Crippen molar-refractivity contribution in [3.8, 4) is 0 Å². The van der Waals surface area contributed by atoms with Gasteiger partial charge in [0.05, 0.1) is 13.2 Å². The van der Waals surface area contributed by atoms with Gasteiger partial charge in [-0.25, -0.2) is 0 Å². The number of aliphatic carboxylic acids is 1. The summed E-state index contributed by atoms with van der Waals surface area (Å²) in [6.45, 7) is -2.85. The minimum atomic E-state index is -2.69. The average Bonchev–Trinajstić information content (AvgIpc) is 2.87. The molecule has 2 aliphatic heterocycles. The SMILES string of the molecule is O=C(O)C[C@@]1(OC2(CO)O[C@H](CO)[C@@H](O)[C@@H]2O)O[C@H](CO)[C@@H](O)[C@H](O)[C@H]1O. The molecule has 9 atom stereocenters. The van der Waals surface area contributed by atoms with E-state index in [-0.39, 0.29) is 0 Å². The third-order valence-electron chi connectivity index (χ3n) is 4.69. The molecule has 0 amide bonds. The number of carboxylic acids is 1. The summed E-state index contributed by atoms with van der Waals surface area (Å²) in [5.74, 6) is -6.83. The van der Waals surface area contributed by atoms with Crippen LogP contribution in [-0.2, 0) is 19.0 Å². The van der Waals surface area contributed by atoms with Crippen molar-refractivity contribution in [2.24, 2.45) is 0 Å². The Morgan fingerprint density at radius 2 is 1.30 bits per heavy atom. The fourth-order valence-electron chi connectivity index (χ4n) is 3.23. The van der Waals surface area contributed by atoms with Crippen LogP contribution in [-0.4, -0.2) is 126 Å². The van der Waals surface area contributed by atoms with E-state index in [0.29, 0.717) is 0 Å². The Kier molecular flexibility index (Phi) is 6.76. The molecular weight excluding hydrogens is 376 g/mol. The van der Waals surface area contributed by atoms with E-state index in [9.17, 15) is 50.8 Å². The predicted octanol–water partition coefficient (Wildman–Crippen LogP) is -5.55. The molecule has 9 N–H and O–H groups in total. The number of hydrogen-bond donors (Lipinski definition) is 9. The molecule has 2 heterocycles. The molecule has 0 aromatic heterocycles. The second-order valence-corrected chi connectivity index (χ2v) is 6.49. The third kappa shape index (κ3) is 3.81. The van der Waals surface area contributed by atoms with Crippen LogP contribution in [0.4, 0.5) is 0 Å². The smallest absolute Gasteiger partial charge is 0.308 e. The first-order chi connectivity index (χ1) is 12.6. The molecule has 0 aliphatic carbocycles. The van der Waals surface area contributed by atoms with Crippen LogP contribution in [0.2, 0.25) is 0 Å². The minimum Gasteiger partial charge on any atom is -0.481 e. The van der Waals surface area contributed by atoms with Crippen LogP contribution in [0, 0.1) is 0 Å². The summed E-state index contributed by atoms with van der Waals surface area (Å²) in [5.41, 5.74) is 0. The molecule has 2 rings (SSSR count). The summed E-state index contributed by atoms with van der Waals surface area (Å²) in [4.78, 5) is 11.3. The normalized spacial score (nSPS) is 47.9. The highest BCUT2D eigenvalue weighted by Crippen LogP contribution is 2.42. The van der Waals surface area contributed by atoms with Crippen molar-refractivity contribution in [3.05, 3.63) is 0 Å². The van der Waals surface area contributed by atoms with Crippen LogP contribution in [0.1, 0.15) is 6.42 Å². The first-order valence-corrected chi connectivity index (χ1v) is 8.08. The zero-order chi connectivity index (χ0) is 20.6. The zero-order valence-corrected chi connectivity index (χ0v) is 14.0. The maximum Gasteiger partial charge on any atom is 0.308 e. The Morgan fingerprint density at radius 1 is 0.815 bits per heavy atom. The second kappa shape index (κ2) is 8.18. The van der Waals surface area contributed by atoms with E-state index in [1.807, 2.05) is 0 Å². The topological polar surface area (TPSA) is 227 Å². The van der Waals surface area contributed by atoms with Crippen molar-refractivity contribution in [1.82, 2.24) is 0 Å². The number of carbonyl (C=O) groups is 1. The Morgan fingerprint density at radius 3 is 1.74 bits per heavy atom. The summed E-state index contributed by atoms with van der Waals surface area (Å²) in [7, 11) is 0. The number of rotatable bonds is 7. The summed E-state index contributed by atoms with van der Waals surface area (Å²) in [6.07, 6.45) is -13.9. The number of aliphatic hydroxyl groups excluding tert-OH is 8. The number of carboxylic acid groups (broad SMARTS) is 1. The molecule has 2 aliphatic rings. The van der Waals surface area contributed by atoms with Crippen molar-refractivity contribution < 1.29 is 65.0 Å². The standard InChI is InChI=1S/C14H24O13/c15-2-5-8(20)10(22)12(24)13(25-5,1-7(18)19)27-14(4-17)11(23)9(21)6(3-16)26-14/h5-6,8-12,15-17,20-24H,1-4H2,(H,18,19)/t5-,6-,8-,9-,10+,11+,12-,13+,14?/m1/s1. The predicted molar refractivity (Wildman–Crippen MR) is 79.8 cm³/mol. The molecule has 158 valence electrons. The van der Waals surface area contributed by atoms with Crippen molar-refractivity contribution in [2.45, 2.75) is 60.7 Å². The van der Waals surface area contributed by atoms with Gasteiger partial charge < -0.3 is 60.2 Å². The highest BCUT2D eigenvalue weighted by molar-refractivity contribution is 5.68. The fourth-order valence-corrected chi connectivity index (χ4v) is 3.23. The molecule has 13 heteroatoms. The van der Waals surface area contributed by atoms with E-state index in [2.05, 4.69) is 0 Å². The lowest BCUT2D eigenvalue weighted by molar-refractivity contribution is -0.433. The molecule has 2 fully saturated rings. The lowest BCUT2D eigenvalue weighted by Gasteiger charge is -2.50. The van der Waals surface area contributed by atoms with E-state index >= 15 is 0 Å². The summed E-state index contributed by atoms with van der Waals surface area (Å²) in [5, 5.41) is 87.6. The minimum absolute atomic E-state index is 0.792. The van der Waals surface area contributed by atoms with Crippen LogP contribution in [0.3, 0.4) is 0 Å². The quantitative estimate of drug-likeness (QED) is 0.194. The Balaban J connectivity index is 2.45. The number of ether oxygens (including phenoxy) is 3. The van der Waals surface area contributed by atoms with Gasteiger partial charge in [0.1, 0.15) is 55.8 Å². The number of aliphatic hydroxyl groups is 8. The average molecular weight is 400 g/mol. The molecule has 0 spiro atoms. The van der Waals surface area contributed by atoms with Crippen molar-refractivity contribution >= 4 is 5.97 Å². The Bertz CT molecular complexity index is 529. The third-order valence-corrected chi connectivity index (χ3v) is 4.69. The van der Waals surface area contributed by atoms with Gasteiger partial charge in [0.2, 0.25) is 11.6 Å². The van der Waals surface area contributed by atoms with Gasteiger partial charge in [-0.05, 0) is 0 Å². The molecule has 0 saturated carbocycles. The first-order valence-electron chi connectivity index (χ1n) is 8.08. The molecule has 0 aromatic carbocycles. The van der Waals surface area contributed by atoms with Crippen LogP contribution in [0.5, 0.6) is 0 Å². The van der Waals surface area contributed by atoms with E-state index < -0.39 is 86.5 Å². The fraction of sp³-hybridized carbons (Fsp3) is 0.929. The lowest BCUT2D eigenvalue weighted by Crippen LogP contribution is -2.70.